The fourth-order valence-corrected chi connectivity index (χ4v) is 6.47. The van der Waals surface area contributed by atoms with E-state index >= 15 is 0 Å². The smallest absolute Gasteiger partial charge is 0.308 e. The third kappa shape index (κ3) is 3.96. The Bertz CT molecular complexity index is 1570. The molecule has 8 nitrogen and oxygen atoms in total. The van der Waals surface area contributed by atoms with Gasteiger partial charge in [0.05, 0.1) is 35.1 Å². The van der Waals surface area contributed by atoms with Crippen LogP contribution in [0.3, 0.4) is 0 Å². The molecule has 0 aliphatic carbocycles. The van der Waals surface area contributed by atoms with E-state index in [0.717, 1.165) is 16.0 Å². The number of methoxy groups -OCH3 is 1. The van der Waals surface area contributed by atoms with E-state index in [1.807, 2.05) is 41.4 Å². The van der Waals surface area contributed by atoms with E-state index in [9.17, 15) is 19.2 Å². The molecule has 0 saturated carbocycles. The van der Waals surface area contributed by atoms with E-state index < -0.39 is 35.8 Å². The third-order valence-electron chi connectivity index (χ3n) is 7.52. The molecule has 2 saturated heterocycles. The van der Waals surface area contributed by atoms with Crippen molar-refractivity contribution in [1.29, 1.82) is 0 Å². The summed E-state index contributed by atoms with van der Waals surface area (Å²) in [6.45, 7) is 1.29. The molecule has 0 unspecified atom stereocenters. The fraction of sp³-hybridized carbons (Fsp3) is 0.200. The Balaban J connectivity index is 1.44. The second-order valence-corrected chi connectivity index (χ2v) is 10.5. The number of nitrogens with zero attached hydrogens (tertiary/aromatic N) is 2. The monoisotopic (exact) mass is 586 g/mol. The number of esters is 1. The minimum Gasteiger partial charge on any atom is -0.496 e. The van der Waals surface area contributed by atoms with E-state index in [-0.39, 0.29) is 11.7 Å². The summed E-state index contributed by atoms with van der Waals surface area (Å²) in [7, 11) is 1.54. The Labute approximate surface area is 232 Å². The lowest BCUT2D eigenvalue weighted by Gasteiger charge is -2.35. The largest absolute Gasteiger partial charge is 0.496 e. The van der Waals surface area contributed by atoms with Gasteiger partial charge in [0.25, 0.3) is 0 Å². The molecule has 0 spiro atoms. The number of carbonyl (C=O) groups is 4. The molecule has 196 valence electrons. The highest BCUT2D eigenvalue weighted by molar-refractivity contribution is 9.10. The molecule has 0 radical (unpaired) electrons. The SMILES string of the molecule is COc1ccc(C(=O)[C@@H]2[C@@H]3C(=O)N(c4ccc(OC(C)=O)cc4)C(=O)[C@@H]3[C@H]3c4ccccc4C=CN23)cc1Br. The first kappa shape index (κ1) is 25.1. The van der Waals surface area contributed by atoms with Gasteiger partial charge in [0.15, 0.2) is 5.78 Å². The summed E-state index contributed by atoms with van der Waals surface area (Å²) in [6, 6.07) is 17.6. The summed E-state index contributed by atoms with van der Waals surface area (Å²) >= 11 is 3.45. The molecule has 0 N–H and O–H groups in total. The highest BCUT2D eigenvalue weighted by Crippen LogP contribution is 2.53. The predicted octanol–water partition coefficient (Wildman–Crippen LogP) is 4.78. The van der Waals surface area contributed by atoms with Crippen LogP contribution in [0.25, 0.3) is 6.08 Å². The zero-order chi connectivity index (χ0) is 27.4. The Hall–Kier alpha value is -4.24. The fourth-order valence-electron chi connectivity index (χ4n) is 5.93. The van der Waals surface area contributed by atoms with Crippen LogP contribution < -0.4 is 14.4 Å². The van der Waals surface area contributed by atoms with Gasteiger partial charge in [-0.1, -0.05) is 24.3 Å². The molecule has 39 heavy (non-hydrogen) atoms. The van der Waals surface area contributed by atoms with Crippen molar-refractivity contribution in [2.45, 2.75) is 19.0 Å². The topological polar surface area (TPSA) is 93.2 Å². The van der Waals surface area contributed by atoms with Gasteiger partial charge in [0.2, 0.25) is 11.8 Å². The van der Waals surface area contributed by atoms with Gasteiger partial charge >= 0.3 is 5.97 Å². The predicted molar refractivity (Wildman–Crippen MR) is 146 cm³/mol. The van der Waals surface area contributed by atoms with Gasteiger partial charge in [-0.15, -0.1) is 0 Å². The van der Waals surface area contributed by atoms with Gasteiger partial charge in [0.1, 0.15) is 17.5 Å². The van der Waals surface area contributed by atoms with Gasteiger partial charge in [-0.2, -0.15) is 0 Å². The Morgan fingerprint density at radius 3 is 2.33 bits per heavy atom. The Kier molecular flexibility index (Phi) is 6.10. The maximum absolute atomic E-state index is 14.1. The molecule has 3 aromatic carbocycles. The van der Waals surface area contributed by atoms with Gasteiger partial charge in [-0.3, -0.25) is 19.2 Å². The molecular formula is C30H23BrN2O6. The molecule has 2 amide bonds. The Morgan fingerprint density at radius 2 is 1.64 bits per heavy atom. The number of halogens is 1. The molecule has 3 aromatic rings. The number of hydrogen-bond donors (Lipinski definition) is 0. The summed E-state index contributed by atoms with van der Waals surface area (Å²) in [5.74, 6) is -2.29. The van der Waals surface area contributed by atoms with Crippen LogP contribution in [0, 0.1) is 11.8 Å². The first-order chi connectivity index (χ1) is 18.8. The molecule has 0 aromatic heterocycles. The first-order valence-corrected chi connectivity index (χ1v) is 13.2. The lowest BCUT2D eigenvalue weighted by molar-refractivity contribution is -0.132. The molecule has 3 heterocycles. The molecular weight excluding hydrogens is 564 g/mol. The average Bonchev–Trinajstić information content (AvgIpc) is 3.40. The van der Waals surface area contributed by atoms with Crippen molar-refractivity contribution in [1.82, 2.24) is 4.90 Å². The highest BCUT2D eigenvalue weighted by atomic mass is 79.9. The van der Waals surface area contributed by atoms with Crippen molar-refractivity contribution in [3.05, 3.63) is 94.1 Å². The van der Waals surface area contributed by atoms with Gasteiger partial charge in [-0.25, -0.2) is 4.90 Å². The van der Waals surface area contributed by atoms with E-state index in [1.165, 1.54) is 19.1 Å². The number of ketones is 1. The molecule has 3 aliphatic rings. The highest BCUT2D eigenvalue weighted by Gasteiger charge is 2.64. The third-order valence-corrected chi connectivity index (χ3v) is 8.14. The van der Waals surface area contributed by atoms with Gasteiger partial charge in [-0.05, 0) is 75.6 Å². The molecule has 0 bridgehead atoms. The van der Waals surface area contributed by atoms with Gasteiger partial charge < -0.3 is 14.4 Å². The molecule has 4 atom stereocenters. The van der Waals surface area contributed by atoms with Crippen LogP contribution in [0.4, 0.5) is 5.69 Å². The number of hydrogen-bond acceptors (Lipinski definition) is 7. The van der Waals surface area contributed by atoms with Crippen molar-refractivity contribution in [3.8, 4) is 11.5 Å². The van der Waals surface area contributed by atoms with E-state index in [2.05, 4.69) is 15.9 Å². The normalized spacial score (nSPS) is 22.8. The zero-order valence-electron chi connectivity index (χ0n) is 21.0. The molecule has 9 heteroatoms. The van der Waals surface area contributed by atoms with Crippen LogP contribution in [0.1, 0.15) is 34.5 Å². The molecule has 6 rings (SSSR count). The van der Waals surface area contributed by atoms with Crippen LogP contribution >= 0.6 is 15.9 Å². The maximum Gasteiger partial charge on any atom is 0.308 e. The van der Waals surface area contributed by atoms with Crippen molar-refractivity contribution in [3.63, 3.8) is 0 Å². The van der Waals surface area contributed by atoms with E-state index in [0.29, 0.717) is 27.2 Å². The summed E-state index contributed by atoms with van der Waals surface area (Å²) < 4.78 is 11.0. The first-order valence-electron chi connectivity index (χ1n) is 12.4. The number of anilines is 1. The van der Waals surface area contributed by atoms with Crippen molar-refractivity contribution in [2.75, 3.05) is 12.0 Å². The molecule has 3 aliphatic heterocycles. The lowest BCUT2D eigenvalue weighted by Crippen LogP contribution is -2.44. The second-order valence-electron chi connectivity index (χ2n) is 9.65. The zero-order valence-corrected chi connectivity index (χ0v) is 22.6. The van der Waals surface area contributed by atoms with E-state index in [1.54, 1.807) is 37.4 Å². The number of imide groups is 1. The quantitative estimate of drug-likeness (QED) is 0.184. The summed E-state index contributed by atoms with van der Waals surface area (Å²) in [6.07, 6.45) is 3.74. The Morgan fingerprint density at radius 1 is 0.923 bits per heavy atom. The van der Waals surface area contributed by atoms with E-state index in [4.69, 9.17) is 9.47 Å². The van der Waals surface area contributed by atoms with Crippen LogP contribution in [-0.4, -0.2) is 41.6 Å². The summed E-state index contributed by atoms with van der Waals surface area (Å²) in [5.41, 5.74) is 2.61. The van der Waals surface area contributed by atoms with Crippen molar-refractivity contribution >= 4 is 51.3 Å². The number of ether oxygens (including phenoxy) is 2. The average molecular weight is 587 g/mol. The van der Waals surface area contributed by atoms with Gasteiger partial charge in [0, 0.05) is 18.7 Å². The van der Waals surface area contributed by atoms with Crippen LogP contribution in [-0.2, 0) is 14.4 Å². The van der Waals surface area contributed by atoms with Crippen molar-refractivity contribution < 1.29 is 28.7 Å². The summed E-state index contributed by atoms with van der Waals surface area (Å²) in [5, 5.41) is 0. The van der Waals surface area contributed by atoms with Crippen molar-refractivity contribution in [2.24, 2.45) is 11.8 Å². The second kappa shape index (κ2) is 9.50. The van der Waals surface area contributed by atoms with Crippen LogP contribution in [0.2, 0.25) is 0 Å². The number of Topliss-reactive ketones (excluding diaryl/α,β-unsaturated/α-hetero) is 1. The minimum atomic E-state index is -0.889. The number of fused-ring (bicyclic) bond motifs is 5. The number of carbonyl (C=O) groups excluding carboxylic acids is 4. The summed E-state index contributed by atoms with van der Waals surface area (Å²) in [4.78, 5) is 56.4. The lowest BCUT2D eigenvalue weighted by atomic mass is 9.83. The van der Waals surface area contributed by atoms with Crippen LogP contribution in [0.15, 0.2) is 77.4 Å². The van der Waals surface area contributed by atoms with Crippen LogP contribution in [0.5, 0.6) is 11.5 Å². The minimum absolute atomic E-state index is 0.256. The molecule has 2 fully saturated rings. The number of benzene rings is 3. The maximum atomic E-state index is 14.1. The number of rotatable bonds is 5. The number of amides is 2. The standard InChI is InChI=1S/C30H23BrN2O6/c1-16(34)39-20-10-8-19(9-11-20)33-29(36)24-25(30(33)37)27(28(35)18-7-12-23(38-2)22(31)15-18)32-14-13-17-5-3-4-6-21(17)26(24)32/h3-15,24-27H,1-2H3/t24-,25+,26+,27-/m0/s1.